The van der Waals surface area contributed by atoms with Gasteiger partial charge in [-0.15, -0.1) is 0 Å². The van der Waals surface area contributed by atoms with Crippen molar-refractivity contribution < 1.29 is 0 Å². The second-order valence-corrected chi connectivity index (χ2v) is 6.23. The van der Waals surface area contributed by atoms with E-state index in [0.29, 0.717) is 12.0 Å². The summed E-state index contributed by atoms with van der Waals surface area (Å²) in [5, 5.41) is 3.37. The lowest BCUT2D eigenvalue weighted by Crippen LogP contribution is -2.39. The number of fused-ring (bicyclic) bond motifs is 2. The van der Waals surface area contributed by atoms with E-state index in [1.54, 1.807) is 0 Å². The van der Waals surface area contributed by atoms with Crippen LogP contribution in [0.1, 0.15) is 44.9 Å². The third-order valence-corrected chi connectivity index (χ3v) is 4.92. The maximum Gasteiger partial charge on any atom is 0.188 e. The Morgan fingerprint density at radius 3 is 2.61 bits per heavy atom. The molecule has 0 aromatic heterocycles. The molecule has 4 aliphatic rings. The Balaban J connectivity index is 1.49. The van der Waals surface area contributed by atoms with Crippen LogP contribution in [0.15, 0.2) is 17.1 Å². The topological polar surface area (TPSA) is 50.4 Å². The molecule has 2 fully saturated rings. The minimum atomic E-state index is 0.580. The van der Waals surface area contributed by atoms with Gasteiger partial charge in [0.15, 0.2) is 5.96 Å². The third-order valence-electron chi connectivity index (χ3n) is 4.92. The van der Waals surface area contributed by atoms with Crippen molar-refractivity contribution in [1.82, 2.24) is 5.32 Å². The highest BCUT2D eigenvalue weighted by molar-refractivity contribution is 5.78. The maximum atomic E-state index is 5.99. The van der Waals surface area contributed by atoms with Crippen molar-refractivity contribution in [3.05, 3.63) is 12.2 Å². The first-order chi connectivity index (χ1) is 8.81. The summed E-state index contributed by atoms with van der Waals surface area (Å²) >= 11 is 0. The molecule has 3 N–H and O–H groups in total. The summed E-state index contributed by atoms with van der Waals surface area (Å²) in [6.07, 6.45) is 14.1. The number of rotatable bonds is 3. The number of nitrogens with two attached hydrogens (primary N) is 1. The maximum absolute atomic E-state index is 5.99. The zero-order valence-electron chi connectivity index (χ0n) is 11.1. The molecule has 0 aromatic carbocycles. The van der Waals surface area contributed by atoms with E-state index in [0.717, 1.165) is 24.3 Å². The second kappa shape index (κ2) is 5.33. The summed E-state index contributed by atoms with van der Waals surface area (Å²) in [7, 11) is 0. The number of nitrogens with one attached hydrogen (secondary N) is 1. The Hall–Kier alpha value is -0.990. The Morgan fingerprint density at radius 1 is 1.17 bits per heavy atom. The van der Waals surface area contributed by atoms with Crippen LogP contribution in [0.4, 0.5) is 0 Å². The van der Waals surface area contributed by atoms with Crippen LogP contribution in [-0.4, -0.2) is 18.5 Å². The molecule has 100 valence electrons. The quantitative estimate of drug-likeness (QED) is 0.457. The SMILES string of the molecule is NC(=NCC1CC2C=CC1CC2)NC1CCCC1. The van der Waals surface area contributed by atoms with Crippen LogP contribution in [0.2, 0.25) is 0 Å². The number of allylic oxidation sites excluding steroid dienone is 2. The predicted octanol–water partition coefficient (Wildman–Crippen LogP) is 2.44. The molecule has 0 spiro atoms. The molecule has 3 unspecified atom stereocenters. The Morgan fingerprint density at radius 2 is 2.00 bits per heavy atom. The fraction of sp³-hybridized carbons (Fsp3) is 0.800. The lowest BCUT2D eigenvalue weighted by atomic mass is 9.69. The smallest absolute Gasteiger partial charge is 0.188 e. The lowest BCUT2D eigenvalue weighted by molar-refractivity contribution is 0.227. The van der Waals surface area contributed by atoms with Gasteiger partial charge in [-0.25, -0.2) is 0 Å². The summed E-state index contributed by atoms with van der Waals surface area (Å²) < 4.78 is 0. The molecule has 0 heterocycles. The van der Waals surface area contributed by atoms with Gasteiger partial charge in [0.2, 0.25) is 0 Å². The first-order valence-corrected chi connectivity index (χ1v) is 7.56. The standard InChI is InChI=1S/C15H25N3/c16-15(18-14-3-1-2-4-14)17-10-13-9-11-5-7-12(13)8-6-11/h5,7,11-14H,1-4,6,8-10H2,(H3,16,17,18). The van der Waals surface area contributed by atoms with Crippen LogP contribution in [0, 0.1) is 17.8 Å². The molecule has 3 heteroatoms. The van der Waals surface area contributed by atoms with E-state index >= 15 is 0 Å². The van der Waals surface area contributed by atoms with Crippen molar-refractivity contribution in [2.45, 2.75) is 51.0 Å². The fourth-order valence-electron chi connectivity index (χ4n) is 3.80. The van der Waals surface area contributed by atoms with Gasteiger partial charge < -0.3 is 11.1 Å². The van der Waals surface area contributed by atoms with Crippen molar-refractivity contribution in [2.24, 2.45) is 28.5 Å². The van der Waals surface area contributed by atoms with Gasteiger partial charge >= 0.3 is 0 Å². The Bertz CT molecular complexity index is 342. The predicted molar refractivity (Wildman–Crippen MR) is 75.3 cm³/mol. The third kappa shape index (κ3) is 2.70. The minimum absolute atomic E-state index is 0.580. The molecule has 0 amide bonds. The summed E-state index contributed by atoms with van der Waals surface area (Å²) in [4.78, 5) is 4.58. The van der Waals surface area contributed by atoms with E-state index in [4.69, 9.17) is 5.73 Å². The Kier molecular flexibility index (Phi) is 3.57. The van der Waals surface area contributed by atoms with E-state index in [-0.39, 0.29) is 0 Å². The zero-order valence-corrected chi connectivity index (χ0v) is 11.1. The number of nitrogens with zero attached hydrogens (tertiary/aromatic N) is 1. The van der Waals surface area contributed by atoms with Crippen LogP contribution in [0.5, 0.6) is 0 Å². The highest BCUT2D eigenvalue weighted by atomic mass is 15.1. The van der Waals surface area contributed by atoms with E-state index in [1.807, 2.05) is 0 Å². The van der Waals surface area contributed by atoms with E-state index < -0.39 is 0 Å². The fourth-order valence-corrected chi connectivity index (χ4v) is 3.80. The highest BCUT2D eigenvalue weighted by Crippen LogP contribution is 2.40. The number of hydrogen-bond donors (Lipinski definition) is 2. The van der Waals surface area contributed by atoms with Gasteiger partial charge in [-0.05, 0) is 49.9 Å². The zero-order chi connectivity index (χ0) is 12.4. The van der Waals surface area contributed by atoms with Gasteiger partial charge in [-0.3, -0.25) is 4.99 Å². The van der Waals surface area contributed by atoms with Gasteiger partial charge in [0, 0.05) is 12.6 Å². The van der Waals surface area contributed by atoms with Crippen LogP contribution in [-0.2, 0) is 0 Å². The molecular formula is C15H25N3. The first kappa shape index (κ1) is 12.1. The van der Waals surface area contributed by atoms with Gasteiger partial charge in [0.25, 0.3) is 0 Å². The van der Waals surface area contributed by atoms with Crippen molar-refractivity contribution in [2.75, 3.05) is 6.54 Å². The van der Waals surface area contributed by atoms with Gasteiger partial charge in [0.1, 0.15) is 0 Å². The summed E-state index contributed by atoms with van der Waals surface area (Å²) in [6.45, 7) is 0.914. The molecule has 0 saturated heterocycles. The molecule has 2 saturated carbocycles. The normalized spacial score (nSPS) is 36.2. The first-order valence-electron chi connectivity index (χ1n) is 7.56. The van der Waals surface area contributed by atoms with Crippen LogP contribution >= 0.6 is 0 Å². The van der Waals surface area contributed by atoms with E-state index in [1.165, 1.54) is 44.9 Å². The molecule has 18 heavy (non-hydrogen) atoms. The van der Waals surface area contributed by atoms with Crippen LogP contribution in [0.25, 0.3) is 0 Å². The highest BCUT2D eigenvalue weighted by Gasteiger charge is 2.31. The number of aliphatic imine (C=N–C) groups is 1. The summed E-state index contributed by atoms with van der Waals surface area (Å²) in [5.74, 6) is 2.99. The molecule has 2 bridgehead atoms. The average Bonchev–Trinajstić information content (AvgIpc) is 2.91. The Labute approximate surface area is 110 Å². The van der Waals surface area contributed by atoms with Gasteiger partial charge in [0.05, 0.1) is 0 Å². The van der Waals surface area contributed by atoms with E-state index in [9.17, 15) is 0 Å². The summed E-state index contributed by atoms with van der Waals surface area (Å²) in [6, 6.07) is 0.580. The van der Waals surface area contributed by atoms with Crippen molar-refractivity contribution in [3.8, 4) is 0 Å². The molecule has 0 aliphatic heterocycles. The molecule has 0 aromatic rings. The second-order valence-electron chi connectivity index (χ2n) is 6.23. The van der Waals surface area contributed by atoms with E-state index in [2.05, 4.69) is 22.5 Å². The van der Waals surface area contributed by atoms with Crippen LogP contribution in [0.3, 0.4) is 0 Å². The minimum Gasteiger partial charge on any atom is -0.370 e. The molecular weight excluding hydrogens is 222 g/mol. The van der Waals surface area contributed by atoms with Gasteiger partial charge in [-0.2, -0.15) is 0 Å². The van der Waals surface area contributed by atoms with Crippen molar-refractivity contribution in [3.63, 3.8) is 0 Å². The molecule has 4 aliphatic carbocycles. The molecule has 3 atom stereocenters. The van der Waals surface area contributed by atoms with Crippen molar-refractivity contribution in [1.29, 1.82) is 0 Å². The molecule has 3 nitrogen and oxygen atoms in total. The number of guanidine groups is 1. The average molecular weight is 247 g/mol. The van der Waals surface area contributed by atoms with Crippen LogP contribution < -0.4 is 11.1 Å². The van der Waals surface area contributed by atoms with Crippen molar-refractivity contribution >= 4 is 5.96 Å². The van der Waals surface area contributed by atoms with Gasteiger partial charge in [-0.1, -0.05) is 25.0 Å². The molecule has 4 rings (SSSR count). The largest absolute Gasteiger partial charge is 0.370 e. The lowest BCUT2D eigenvalue weighted by Gasteiger charge is -2.37. The summed E-state index contributed by atoms with van der Waals surface area (Å²) in [5.41, 5.74) is 5.99. The molecule has 0 radical (unpaired) electrons. The number of hydrogen-bond acceptors (Lipinski definition) is 1. The monoisotopic (exact) mass is 247 g/mol.